The molecule has 116 valence electrons. The van der Waals surface area contributed by atoms with Crippen LogP contribution in [0.3, 0.4) is 0 Å². The van der Waals surface area contributed by atoms with Crippen molar-refractivity contribution in [1.29, 1.82) is 0 Å². The van der Waals surface area contributed by atoms with Crippen LogP contribution in [-0.2, 0) is 6.61 Å². The van der Waals surface area contributed by atoms with E-state index < -0.39 is 4.92 Å². The summed E-state index contributed by atoms with van der Waals surface area (Å²) in [7, 11) is 0. The van der Waals surface area contributed by atoms with Crippen molar-refractivity contribution in [3.05, 3.63) is 68.9 Å². The largest absolute Gasteiger partial charge is 0.486 e. The number of nitro groups is 1. The highest BCUT2D eigenvalue weighted by molar-refractivity contribution is 9.10. The molecule has 0 fully saturated rings. The summed E-state index contributed by atoms with van der Waals surface area (Å²) in [5.41, 5.74) is 0.574. The third-order valence-corrected chi connectivity index (χ3v) is 3.56. The van der Waals surface area contributed by atoms with E-state index in [-0.39, 0.29) is 12.3 Å². The van der Waals surface area contributed by atoms with Crippen molar-refractivity contribution in [1.82, 2.24) is 15.2 Å². The Morgan fingerprint density at radius 2 is 2.00 bits per heavy atom. The molecule has 3 aromatic rings. The number of non-ortho nitro benzene ring substituents is 1. The zero-order valence-corrected chi connectivity index (χ0v) is 13.4. The molecule has 0 bridgehead atoms. The minimum atomic E-state index is -0.451. The molecule has 2 aromatic carbocycles. The predicted molar refractivity (Wildman–Crippen MR) is 86.9 cm³/mol. The van der Waals surface area contributed by atoms with Gasteiger partial charge in [-0.05, 0) is 24.3 Å². The molecule has 1 aromatic heterocycles. The van der Waals surface area contributed by atoms with Crippen molar-refractivity contribution >= 4 is 21.6 Å². The summed E-state index contributed by atoms with van der Waals surface area (Å²) in [4.78, 5) is 14.6. The molecule has 0 unspecified atom stereocenters. The molecule has 0 amide bonds. The van der Waals surface area contributed by atoms with Gasteiger partial charge in [0.2, 0.25) is 0 Å². The molecule has 0 atom stereocenters. The third-order valence-electron chi connectivity index (χ3n) is 3.04. The average Bonchev–Trinajstić information content (AvgIpc) is 3.03. The van der Waals surface area contributed by atoms with Crippen molar-refractivity contribution in [2.45, 2.75) is 6.61 Å². The fourth-order valence-corrected chi connectivity index (χ4v) is 2.19. The van der Waals surface area contributed by atoms with E-state index >= 15 is 0 Å². The van der Waals surface area contributed by atoms with Crippen LogP contribution in [-0.4, -0.2) is 20.1 Å². The number of nitro benzene ring substituents is 1. The monoisotopic (exact) mass is 374 g/mol. The SMILES string of the molecule is O=[N+]([O-])c1cccc(-c2n[nH]c(COc3ccc(Br)cc3)n2)c1. The number of hydrogen-bond donors (Lipinski definition) is 1. The van der Waals surface area contributed by atoms with Gasteiger partial charge in [-0.1, -0.05) is 28.1 Å². The lowest BCUT2D eigenvalue weighted by Crippen LogP contribution is -1.97. The maximum absolute atomic E-state index is 10.8. The molecule has 0 saturated carbocycles. The van der Waals surface area contributed by atoms with Gasteiger partial charge in [-0.3, -0.25) is 15.2 Å². The number of aromatic amines is 1. The Labute approximate surface area is 139 Å². The highest BCUT2D eigenvalue weighted by atomic mass is 79.9. The van der Waals surface area contributed by atoms with Gasteiger partial charge in [-0.2, -0.15) is 5.10 Å². The zero-order chi connectivity index (χ0) is 16.2. The van der Waals surface area contributed by atoms with E-state index in [9.17, 15) is 10.1 Å². The van der Waals surface area contributed by atoms with E-state index in [0.29, 0.717) is 23.0 Å². The molecule has 8 heteroatoms. The minimum Gasteiger partial charge on any atom is -0.486 e. The summed E-state index contributed by atoms with van der Waals surface area (Å²) in [6, 6.07) is 13.6. The minimum absolute atomic E-state index is 0.0000347. The quantitative estimate of drug-likeness (QED) is 0.542. The standard InChI is InChI=1S/C15H11BrN4O3/c16-11-4-6-13(7-5-11)23-9-14-17-15(19-18-14)10-2-1-3-12(8-10)20(21)22/h1-8H,9H2,(H,17,18,19). The van der Waals surface area contributed by atoms with Gasteiger partial charge in [0.15, 0.2) is 11.6 Å². The Morgan fingerprint density at radius 3 is 2.74 bits per heavy atom. The summed E-state index contributed by atoms with van der Waals surface area (Å²) >= 11 is 3.35. The van der Waals surface area contributed by atoms with E-state index in [4.69, 9.17) is 4.74 Å². The number of ether oxygens (including phenoxy) is 1. The summed E-state index contributed by atoms with van der Waals surface area (Å²) in [5.74, 6) is 1.64. The predicted octanol–water partition coefficient (Wildman–Crippen LogP) is 3.72. The van der Waals surface area contributed by atoms with Crippen LogP contribution in [0, 0.1) is 10.1 Å². The average molecular weight is 375 g/mol. The van der Waals surface area contributed by atoms with Crippen LogP contribution in [0.2, 0.25) is 0 Å². The molecule has 1 N–H and O–H groups in total. The topological polar surface area (TPSA) is 93.9 Å². The van der Waals surface area contributed by atoms with Gasteiger partial charge in [0.1, 0.15) is 12.4 Å². The second-order valence-corrected chi connectivity index (χ2v) is 5.57. The van der Waals surface area contributed by atoms with Gasteiger partial charge < -0.3 is 4.74 Å². The van der Waals surface area contributed by atoms with Crippen LogP contribution in [0.5, 0.6) is 5.75 Å². The van der Waals surface area contributed by atoms with Crippen molar-refractivity contribution in [2.24, 2.45) is 0 Å². The molecule has 0 radical (unpaired) electrons. The summed E-state index contributed by atoms with van der Waals surface area (Å²) < 4.78 is 6.57. The van der Waals surface area contributed by atoms with Crippen LogP contribution in [0.1, 0.15) is 5.82 Å². The Morgan fingerprint density at radius 1 is 1.22 bits per heavy atom. The lowest BCUT2D eigenvalue weighted by molar-refractivity contribution is -0.384. The first kappa shape index (κ1) is 15.2. The van der Waals surface area contributed by atoms with Crippen LogP contribution >= 0.6 is 15.9 Å². The Bertz CT molecular complexity index is 833. The second-order valence-electron chi connectivity index (χ2n) is 4.66. The number of H-pyrrole nitrogens is 1. The summed E-state index contributed by atoms with van der Waals surface area (Å²) in [6.07, 6.45) is 0. The molecule has 0 aliphatic carbocycles. The van der Waals surface area contributed by atoms with Gasteiger partial charge in [-0.25, -0.2) is 4.98 Å². The number of hydrogen-bond acceptors (Lipinski definition) is 5. The number of halogens is 1. The lowest BCUT2D eigenvalue weighted by atomic mass is 10.2. The highest BCUT2D eigenvalue weighted by Crippen LogP contribution is 2.21. The van der Waals surface area contributed by atoms with Crippen LogP contribution in [0.15, 0.2) is 53.0 Å². The number of rotatable bonds is 5. The highest BCUT2D eigenvalue weighted by Gasteiger charge is 2.11. The first-order valence-electron chi connectivity index (χ1n) is 6.66. The van der Waals surface area contributed by atoms with Crippen LogP contribution in [0.4, 0.5) is 5.69 Å². The van der Waals surface area contributed by atoms with Gasteiger partial charge in [-0.15, -0.1) is 0 Å². The number of aromatic nitrogens is 3. The smallest absolute Gasteiger partial charge is 0.270 e. The first-order chi connectivity index (χ1) is 11.1. The second kappa shape index (κ2) is 6.57. The zero-order valence-electron chi connectivity index (χ0n) is 11.8. The van der Waals surface area contributed by atoms with E-state index in [1.165, 1.54) is 12.1 Å². The molecule has 0 saturated heterocycles. The normalized spacial score (nSPS) is 10.5. The molecular weight excluding hydrogens is 364 g/mol. The molecule has 23 heavy (non-hydrogen) atoms. The molecule has 0 spiro atoms. The number of benzene rings is 2. The van der Waals surface area contributed by atoms with E-state index in [1.807, 2.05) is 24.3 Å². The van der Waals surface area contributed by atoms with Gasteiger partial charge in [0.25, 0.3) is 5.69 Å². The lowest BCUT2D eigenvalue weighted by Gasteiger charge is -2.03. The molecule has 0 aliphatic heterocycles. The Hall–Kier alpha value is -2.74. The van der Waals surface area contributed by atoms with E-state index in [1.54, 1.807) is 12.1 Å². The molecule has 0 aliphatic rings. The van der Waals surface area contributed by atoms with Crippen molar-refractivity contribution in [3.63, 3.8) is 0 Å². The fraction of sp³-hybridized carbons (Fsp3) is 0.0667. The van der Waals surface area contributed by atoms with Crippen molar-refractivity contribution in [3.8, 4) is 17.1 Å². The number of nitrogens with zero attached hydrogens (tertiary/aromatic N) is 3. The third kappa shape index (κ3) is 3.72. The maximum atomic E-state index is 10.8. The summed E-state index contributed by atoms with van der Waals surface area (Å²) in [5, 5.41) is 17.6. The van der Waals surface area contributed by atoms with Gasteiger partial charge in [0.05, 0.1) is 4.92 Å². The van der Waals surface area contributed by atoms with E-state index in [0.717, 1.165) is 4.47 Å². The fourth-order valence-electron chi connectivity index (χ4n) is 1.93. The van der Waals surface area contributed by atoms with Crippen molar-refractivity contribution in [2.75, 3.05) is 0 Å². The van der Waals surface area contributed by atoms with Crippen molar-refractivity contribution < 1.29 is 9.66 Å². The number of nitrogens with one attached hydrogen (secondary N) is 1. The van der Waals surface area contributed by atoms with Crippen LogP contribution in [0.25, 0.3) is 11.4 Å². The Balaban J connectivity index is 1.71. The molecule has 7 nitrogen and oxygen atoms in total. The van der Waals surface area contributed by atoms with Gasteiger partial charge in [0, 0.05) is 22.2 Å². The molecular formula is C15H11BrN4O3. The molecule has 3 rings (SSSR count). The first-order valence-corrected chi connectivity index (χ1v) is 7.45. The van der Waals surface area contributed by atoms with E-state index in [2.05, 4.69) is 31.1 Å². The maximum Gasteiger partial charge on any atom is 0.270 e. The Kier molecular flexibility index (Phi) is 4.33. The van der Waals surface area contributed by atoms with Gasteiger partial charge >= 0.3 is 0 Å². The van der Waals surface area contributed by atoms with Crippen LogP contribution < -0.4 is 4.74 Å². The molecule has 1 heterocycles. The summed E-state index contributed by atoms with van der Waals surface area (Å²) in [6.45, 7) is 0.226.